The van der Waals surface area contributed by atoms with Gasteiger partial charge < -0.3 is 20.5 Å². The van der Waals surface area contributed by atoms with Gasteiger partial charge in [-0.1, -0.05) is 12.1 Å². The predicted molar refractivity (Wildman–Crippen MR) is 98.2 cm³/mol. The first-order valence-corrected chi connectivity index (χ1v) is 8.60. The summed E-state index contributed by atoms with van der Waals surface area (Å²) in [5.41, 5.74) is -1.45. The van der Waals surface area contributed by atoms with Crippen molar-refractivity contribution in [3.63, 3.8) is 0 Å². The fourth-order valence-electron chi connectivity index (χ4n) is 2.31. The highest BCUT2D eigenvalue weighted by Crippen LogP contribution is 2.27. The number of hydrogen-bond acceptors (Lipinski definition) is 5. The maximum Gasteiger partial charge on any atom is 0.573 e. The van der Waals surface area contributed by atoms with E-state index in [4.69, 9.17) is 0 Å². The van der Waals surface area contributed by atoms with Gasteiger partial charge in [0, 0.05) is 23.4 Å². The van der Waals surface area contributed by atoms with Crippen molar-refractivity contribution in [2.75, 3.05) is 5.32 Å². The summed E-state index contributed by atoms with van der Waals surface area (Å²) in [4.78, 5) is 28.3. The fraction of sp³-hybridized carbons (Fsp3) is 0.316. The second-order valence-corrected chi connectivity index (χ2v) is 6.86. The highest BCUT2D eigenvalue weighted by atomic mass is 19.4. The van der Waals surface area contributed by atoms with Crippen LogP contribution in [0.1, 0.15) is 35.5 Å². The van der Waals surface area contributed by atoms with Crippen molar-refractivity contribution in [1.82, 2.24) is 10.3 Å². The number of rotatable bonds is 6. The number of hydrogen-bond donors (Lipinski definition) is 3. The van der Waals surface area contributed by atoms with Crippen LogP contribution in [0.3, 0.4) is 0 Å². The smallest absolute Gasteiger partial charge is 0.403 e. The van der Waals surface area contributed by atoms with Crippen LogP contribution >= 0.6 is 0 Å². The second kappa shape index (κ2) is 8.66. The Kier molecular flexibility index (Phi) is 6.66. The summed E-state index contributed by atoms with van der Waals surface area (Å²) in [6, 6.07) is 5.82. The van der Waals surface area contributed by atoms with Crippen LogP contribution in [0, 0.1) is 12.7 Å². The Balaban J connectivity index is 2.14. The number of nitrogens with zero attached hydrogens (tertiary/aromatic N) is 1. The molecule has 0 spiro atoms. The molecule has 0 aliphatic rings. The standard InChI is InChI=1S/C19H19F4N3O4/c1-10-7-12(8-14(25-10)26-17(28)18(2,3)29)16(27)24-9-11-5-4-6-13(15(11)20)30-19(21,22)23/h4-8,29H,9H2,1-3H3,(H,24,27)(H,25,26,28). The molecule has 2 rings (SSSR count). The molecule has 1 aromatic carbocycles. The highest BCUT2D eigenvalue weighted by molar-refractivity contribution is 5.98. The van der Waals surface area contributed by atoms with Gasteiger partial charge in [0.1, 0.15) is 11.4 Å². The summed E-state index contributed by atoms with van der Waals surface area (Å²) in [5.74, 6) is -3.67. The lowest BCUT2D eigenvalue weighted by molar-refractivity contribution is -0.275. The first-order valence-electron chi connectivity index (χ1n) is 8.60. The Labute approximate surface area is 169 Å². The molecule has 1 heterocycles. The van der Waals surface area contributed by atoms with Crippen molar-refractivity contribution in [2.24, 2.45) is 0 Å². The zero-order valence-corrected chi connectivity index (χ0v) is 16.2. The third kappa shape index (κ3) is 6.41. The summed E-state index contributed by atoms with van der Waals surface area (Å²) < 4.78 is 54.7. The average molecular weight is 429 g/mol. The summed E-state index contributed by atoms with van der Waals surface area (Å²) in [7, 11) is 0. The molecule has 2 aromatic rings. The van der Waals surface area contributed by atoms with Gasteiger partial charge in [0.15, 0.2) is 11.6 Å². The van der Waals surface area contributed by atoms with E-state index in [1.807, 2.05) is 0 Å². The predicted octanol–water partition coefficient (Wildman–Crippen LogP) is 3.07. The van der Waals surface area contributed by atoms with Crippen molar-refractivity contribution in [1.29, 1.82) is 0 Å². The Morgan fingerprint density at radius 2 is 1.87 bits per heavy atom. The van der Waals surface area contributed by atoms with E-state index in [0.717, 1.165) is 12.1 Å². The number of aryl methyl sites for hydroxylation is 1. The molecular formula is C19H19F4N3O4. The number of ether oxygens (including phenoxy) is 1. The minimum atomic E-state index is -5.05. The molecule has 30 heavy (non-hydrogen) atoms. The lowest BCUT2D eigenvalue weighted by atomic mass is 10.1. The molecule has 0 saturated carbocycles. The van der Waals surface area contributed by atoms with Crippen molar-refractivity contribution in [3.05, 3.63) is 53.0 Å². The molecule has 7 nitrogen and oxygen atoms in total. The van der Waals surface area contributed by atoms with Crippen molar-refractivity contribution in [3.8, 4) is 5.75 Å². The Morgan fingerprint density at radius 3 is 2.47 bits per heavy atom. The van der Waals surface area contributed by atoms with Crippen LogP contribution in [0.25, 0.3) is 0 Å². The van der Waals surface area contributed by atoms with E-state index >= 15 is 0 Å². The van der Waals surface area contributed by atoms with E-state index in [-0.39, 0.29) is 16.9 Å². The molecule has 0 atom stereocenters. The lowest BCUT2D eigenvalue weighted by Gasteiger charge is -2.17. The molecule has 0 aliphatic carbocycles. The van der Waals surface area contributed by atoms with Crippen LogP contribution in [0.5, 0.6) is 5.75 Å². The molecule has 0 aliphatic heterocycles. The largest absolute Gasteiger partial charge is 0.573 e. The third-order valence-corrected chi connectivity index (χ3v) is 3.72. The zero-order chi connectivity index (χ0) is 22.7. The molecule has 0 unspecified atom stereocenters. The minimum Gasteiger partial charge on any atom is -0.403 e. The Morgan fingerprint density at radius 1 is 1.20 bits per heavy atom. The number of pyridine rings is 1. The van der Waals surface area contributed by atoms with Gasteiger partial charge in [-0.2, -0.15) is 0 Å². The van der Waals surface area contributed by atoms with Crippen LogP contribution in [0.4, 0.5) is 23.4 Å². The molecule has 0 radical (unpaired) electrons. The van der Waals surface area contributed by atoms with Gasteiger partial charge in [-0.25, -0.2) is 9.37 Å². The Hall–Kier alpha value is -3.21. The van der Waals surface area contributed by atoms with E-state index < -0.39 is 41.9 Å². The molecule has 0 fully saturated rings. The minimum absolute atomic E-state index is 0.0130. The van der Waals surface area contributed by atoms with E-state index in [9.17, 15) is 32.3 Å². The van der Waals surface area contributed by atoms with Gasteiger partial charge in [-0.15, -0.1) is 13.2 Å². The molecular weight excluding hydrogens is 410 g/mol. The number of aromatic nitrogens is 1. The van der Waals surface area contributed by atoms with E-state index in [0.29, 0.717) is 5.69 Å². The Bertz CT molecular complexity index is 956. The third-order valence-electron chi connectivity index (χ3n) is 3.72. The van der Waals surface area contributed by atoms with Crippen LogP contribution < -0.4 is 15.4 Å². The van der Waals surface area contributed by atoms with Gasteiger partial charge in [0.25, 0.3) is 11.8 Å². The van der Waals surface area contributed by atoms with Crippen LogP contribution in [0.15, 0.2) is 30.3 Å². The quantitative estimate of drug-likeness (QED) is 0.613. The summed E-state index contributed by atoms with van der Waals surface area (Å²) in [6.45, 7) is 3.70. The SMILES string of the molecule is Cc1cc(C(=O)NCc2cccc(OC(F)(F)F)c2F)cc(NC(=O)C(C)(C)O)n1. The maximum atomic E-state index is 14.2. The normalized spacial score (nSPS) is 11.7. The highest BCUT2D eigenvalue weighted by Gasteiger charge is 2.32. The van der Waals surface area contributed by atoms with Crippen LogP contribution in [-0.4, -0.2) is 33.9 Å². The lowest BCUT2D eigenvalue weighted by Crippen LogP contribution is -2.37. The number of carbonyl (C=O) groups is 2. The molecule has 0 saturated heterocycles. The number of aliphatic hydroxyl groups is 1. The van der Waals surface area contributed by atoms with Gasteiger partial charge in [0.05, 0.1) is 0 Å². The average Bonchev–Trinajstić information content (AvgIpc) is 2.59. The zero-order valence-electron chi connectivity index (χ0n) is 16.2. The number of nitrogens with one attached hydrogen (secondary N) is 2. The van der Waals surface area contributed by atoms with Crippen molar-refractivity contribution in [2.45, 2.75) is 39.3 Å². The summed E-state index contributed by atoms with van der Waals surface area (Å²) in [5, 5.41) is 14.4. The van der Waals surface area contributed by atoms with Gasteiger partial charge in [0.2, 0.25) is 0 Å². The molecule has 0 bridgehead atoms. The van der Waals surface area contributed by atoms with E-state index in [1.165, 1.54) is 32.0 Å². The van der Waals surface area contributed by atoms with E-state index in [2.05, 4.69) is 20.4 Å². The van der Waals surface area contributed by atoms with Gasteiger partial charge >= 0.3 is 6.36 Å². The maximum absolute atomic E-state index is 14.2. The number of anilines is 1. The van der Waals surface area contributed by atoms with Crippen LogP contribution in [-0.2, 0) is 11.3 Å². The molecule has 2 amide bonds. The number of amides is 2. The molecule has 11 heteroatoms. The number of benzene rings is 1. The first kappa shape index (κ1) is 23.1. The molecule has 1 aromatic heterocycles. The first-order chi connectivity index (χ1) is 13.8. The fourth-order valence-corrected chi connectivity index (χ4v) is 2.31. The monoisotopic (exact) mass is 429 g/mol. The van der Waals surface area contributed by atoms with Crippen molar-refractivity contribution < 1.29 is 37.0 Å². The van der Waals surface area contributed by atoms with Crippen LogP contribution in [0.2, 0.25) is 0 Å². The van der Waals surface area contributed by atoms with Gasteiger partial charge in [-0.3, -0.25) is 9.59 Å². The second-order valence-electron chi connectivity index (χ2n) is 6.86. The van der Waals surface area contributed by atoms with Crippen molar-refractivity contribution >= 4 is 17.6 Å². The summed E-state index contributed by atoms with van der Waals surface area (Å²) in [6.07, 6.45) is -5.05. The summed E-state index contributed by atoms with van der Waals surface area (Å²) >= 11 is 0. The van der Waals surface area contributed by atoms with Gasteiger partial charge in [-0.05, 0) is 39.0 Å². The number of carbonyl (C=O) groups excluding carboxylic acids is 2. The topological polar surface area (TPSA) is 101 Å². The number of alkyl halides is 3. The molecule has 3 N–H and O–H groups in total. The molecule has 162 valence electrons. The van der Waals surface area contributed by atoms with E-state index in [1.54, 1.807) is 6.92 Å². The number of halogens is 4.